The van der Waals surface area contributed by atoms with Crippen LogP contribution in [0.5, 0.6) is 0 Å². The molecule has 0 radical (unpaired) electrons. The molecule has 4 rings (SSSR count). The van der Waals surface area contributed by atoms with Gasteiger partial charge in [-0.2, -0.15) is 0 Å². The molecule has 1 aliphatic rings. The summed E-state index contributed by atoms with van der Waals surface area (Å²) in [6, 6.07) is 18.4. The normalized spacial score (nSPS) is 16.9. The Balaban J connectivity index is 2.06. The van der Waals surface area contributed by atoms with E-state index in [1.54, 1.807) is 51.1 Å². The van der Waals surface area contributed by atoms with Gasteiger partial charge in [-0.25, -0.2) is 14.0 Å². The smallest absolute Gasteiger partial charge is 0.411 e. The van der Waals surface area contributed by atoms with Crippen molar-refractivity contribution in [2.75, 3.05) is 7.11 Å². The number of carbonyl (C=O) groups excluding carboxylic acids is 2. The first kappa shape index (κ1) is 24.4. The summed E-state index contributed by atoms with van der Waals surface area (Å²) in [5.41, 5.74) is -0.664. The van der Waals surface area contributed by atoms with Crippen molar-refractivity contribution in [1.82, 2.24) is 4.90 Å². The lowest BCUT2D eigenvalue weighted by Gasteiger charge is -2.41. The summed E-state index contributed by atoms with van der Waals surface area (Å²) in [7, 11) is 1.17. The first-order valence-electron chi connectivity index (χ1n) is 11.3. The maximum Gasteiger partial charge on any atom is 0.411 e. The van der Waals surface area contributed by atoms with E-state index in [-0.39, 0.29) is 12.1 Å². The van der Waals surface area contributed by atoms with Crippen molar-refractivity contribution in [2.24, 2.45) is 0 Å². The molecule has 1 unspecified atom stereocenters. The van der Waals surface area contributed by atoms with Crippen molar-refractivity contribution in [2.45, 2.75) is 44.6 Å². The van der Waals surface area contributed by atoms with Crippen molar-refractivity contribution in [3.05, 3.63) is 95.3 Å². The van der Waals surface area contributed by atoms with E-state index >= 15 is 0 Å². The van der Waals surface area contributed by atoms with Crippen LogP contribution in [0, 0.1) is 5.82 Å². The van der Waals surface area contributed by atoms with Gasteiger partial charge in [-0.15, -0.1) is 0 Å². The Kier molecular flexibility index (Phi) is 6.38. The van der Waals surface area contributed by atoms with Gasteiger partial charge in [0.2, 0.25) is 5.60 Å². The van der Waals surface area contributed by atoms with Gasteiger partial charge in [0.15, 0.2) is 0 Å². The molecule has 182 valence electrons. The van der Waals surface area contributed by atoms with Crippen molar-refractivity contribution in [3.63, 3.8) is 0 Å². The molecular formula is C28H28FNO5. The van der Waals surface area contributed by atoms with Gasteiger partial charge in [0.05, 0.1) is 13.7 Å². The molecule has 7 heteroatoms. The zero-order valence-electron chi connectivity index (χ0n) is 20.1. The van der Waals surface area contributed by atoms with Crippen LogP contribution in [0.2, 0.25) is 0 Å². The highest BCUT2D eigenvalue weighted by Gasteiger charge is 2.53. The second-order valence-electron chi connectivity index (χ2n) is 9.52. The number of fused-ring (bicyclic) bond motifs is 3. The Morgan fingerprint density at radius 2 is 1.63 bits per heavy atom. The molecule has 0 bridgehead atoms. The zero-order chi connectivity index (χ0) is 25.4. The number of esters is 1. The molecule has 1 N–H and O–H groups in total. The van der Waals surface area contributed by atoms with Gasteiger partial charge in [0.1, 0.15) is 17.5 Å². The lowest BCUT2D eigenvalue weighted by atomic mass is 9.79. The van der Waals surface area contributed by atoms with Gasteiger partial charge in [0.25, 0.3) is 0 Å². The van der Waals surface area contributed by atoms with Gasteiger partial charge in [-0.3, -0.25) is 4.90 Å². The van der Waals surface area contributed by atoms with Gasteiger partial charge in [-0.05, 0) is 60.7 Å². The Morgan fingerprint density at radius 1 is 0.971 bits per heavy atom. The van der Waals surface area contributed by atoms with Crippen LogP contribution in [0.1, 0.15) is 43.5 Å². The predicted octanol–water partition coefficient (Wildman–Crippen LogP) is 5.35. The predicted molar refractivity (Wildman–Crippen MR) is 129 cm³/mol. The maximum absolute atomic E-state index is 14.5. The number of aliphatic hydroxyl groups is 1. The van der Waals surface area contributed by atoms with E-state index < -0.39 is 35.1 Å². The molecule has 3 aromatic rings. The van der Waals surface area contributed by atoms with E-state index in [9.17, 15) is 19.1 Å². The summed E-state index contributed by atoms with van der Waals surface area (Å²) in [5.74, 6) is -1.44. The Labute approximate surface area is 203 Å². The molecule has 35 heavy (non-hydrogen) atoms. The molecule has 0 fully saturated rings. The van der Waals surface area contributed by atoms with Gasteiger partial charge < -0.3 is 14.6 Å². The fraction of sp³-hybridized carbons (Fsp3) is 0.286. The fourth-order valence-electron chi connectivity index (χ4n) is 4.54. The van der Waals surface area contributed by atoms with E-state index in [4.69, 9.17) is 9.47 Å². The Bertz CT molecular complexity index is 1250. The molecule has 0 aromatic heterocycles. The average molecular weight is 478 g/mol. The summed E-state index contributed by atoms with van der Waals surface area (Å²) >= 11 is 0. The van der Waals surface area contributed by atoms with Crippen LogP contribution < -0.4 is 0 Å². The van der Waals surface area contributed by atoms with E-state index in [0.29, 0.717) is 22.3 Å². The van der Waals surface area contributed by atoms with Crippen LogP contribution in [-0.4, -0.2) is 34.8 Å². The highest BCUT2D eigenvalue weighted by Crippen LogP contribution is 2.48. The van der Waals surface area contributed by atoms with Crippen LogP contribution in [0.25, 0.3) is 11.1 Å². The average Bonchev–Trinajstić information content (AvgIpc) is 2.97. The molecule has 2 atom stereocenters. The highest BCUT2D eigenvalue weighted by atomic mass is 19.1. The maximum atomic E-state index is 14.5. The lowest BCUT2D eigenvalue weighted by molar-refractivity contribution is -0.173. The third-order valence-corrected chi connectivity index (χ3v) is 6.00. The summed E-state index contributed by atoms with van der Waals surface area (Å²) < 4.78 is 25.3. The molecule has 0 saturated heterocycles. The van der Waals surface area contributed by atoms with Gasteiger partial charge >= 0.3 is 12.1 Å². The molecule has 0 saturated carbocycles. The summed E-state index contributed by atoms with van der Waals surface area (Å²) in [6.45, 7) is 5.22. The van der Waals surface area contributed by atoms with E-state index in [1.165, 1.54) is 30.2 Å². The summed E-state index contributed by atoms with van der Waals surface area (Å²) in [4.78, 5) is 28.3. The number of halogens is 1. The third kappa shape index (κ3) is 4.51. The van der Waals surface area contributed by atoms with Crippen molar-refractivity contribution in [3.8, 4) is 11.1 Å². The number of amides is 1. The lowest BCUT2D eigenvalue weighted by Crippen LogP contribution is -2.52. The quantitative estimate of drug-likeness (QED) is 0.515. The van der Waals surface area contributed by atoms with Crippen molar-refractivity contribution >= 4 is 12.1 Å². The van der Waals surface area contributed by atoms with Crippen LogP contribution in [0.3, 0.4) is 0 Å². The Hall–Kier alpha value is -3.71. The summed E-state index contributed by atoms with van der Waals surface area (Å²) in [6.07, 6.45) is -0.729. The van der Waals surface area contributed by atoms with E-state index in [0.717, 1.165) is 0 Å². The minimum Gasteiger partial charge on any atom is -0.467 e. The third-order valence-electron chi connectivity index (χ3n) is 6.00. The monoisotopic (exact) mass is 477 g/mol. The van der Waals surface area contributed by atoms with Crippen molar-refractivity contribution in [1.29, 1.82) is 0 Å². The SMILES string of the molecule is COC(=O)[C@@](O)(c1ccccc1)C1c2ccc(F)cc2-c2ccccc2CN1C(=O)OC(C)(C)C. The molecule has 0 spiro atoms. The highest BCUT2D eigenvalue weighted by molar-refractivity contribution is 5.86. The first-order valence-corrected chi connectivity index (χ1v) is 11.3. The van der Waals surface area contributed by atoms with Crippen molar-refractivity contribution < 1.29 is 28.6 Å². The molecule has 0 aliphatic carbocycles. The molecule has 3 aromatic carbocycles. The first-order chi connectivity index (χ1) is 16.6. The number of methoxy groups -OCH3 is 1. The number of benzene rings is 3. The number of rotatable bonds is 3. The number of hydrogen-bond donors (Lipinski definition) is 1. The summed E-state index contributed by atoms with van der Waals surface area (Å²) in [5, 5.41) is 12.2. The van der Waals surface area contributed by atoms with Crippen LogP contribution >= 0.6 is 0 Å². The van der Waals surface area contributed by atoms with E-state index in [1.807, 2.05) is 24.3 Å². The number of carbonyl (C=O) groups is 2. The largest absolute Gasteiger partial charge is 0.467 e. The number of ether oxygens (including phenoxy) is 2. The number of nitrogens with zero attached hydrogens (tertiary/aromatic N) is 1. The van der Waals surface area contributed by atoms with Gasteiger partial charge in [0, 0.05) is 0 Å². The second-order valence-corrected chi connectivity index (χ2v) is 9.52. The topological polar surface area (TPSA) is 76.1 Å². The number of hydrogen-bond acceptors (Lipinski definition) is 5. The zero-order valence-corrected chi connectivity index (χ0v) is 20.1. The second kappa shape index (κ2) is 9.15. The standard InChI is InChI=1S/C28H28FNO5/c1-27(2,3)35-26(32)30-17-18-10-8-9-13-21(18)23-16-20(29)14-15-22(23)24(30)28(33,25(31)34-4)19-11-6-5-7-12-19/h5-16,24,33H,17H2,1-4H3/t24?,28-/m1/s1. The minimum atomic E-state index is -2.32. The molecule has 1 amide bonds. The van der Waals surface area contributed by atoms with Crippen LogP contribution in [0.15, 0.2) is 72.8 Å². The van der Waals surface area contributed by atoms with E-state index in [2.05, 4.69) is 0 Å². The molecule has 1 heterocycles. The fourth-order valence-corrected chi connectivity index (χ4v) is 4.54. The Morgan fingerprint density at radius 3 is 2.29 bits per heavy atom. The molecule has 1 aliphatic heterocycles. The molecular weight excluding hydrogens is 449 g/mol. The van der Waals surface area contributed by atoms with Crippen LogP contribution in [-0.2, 0) is 26.4 Å². The van der Waals surface area contributed by atoms with Gasteiger partial charge in [-0.1, -0.05) is 60.7 Å². The minimum absolute atomic E-state index is 0.0121. The van der Waals surface area contributed by atoms with Crippen LogP contribution in [0.4, 0.5) is 9.18 Å². The molecule has 6 nitrogen and oxygen atoms in total.